The summed E-state index contributed by atoms with van der Waals surface area (Å²) in [6.45, 7) is 0. The monoisotopic (exact) mass is 265 g/mol. The average Bonchev–Trinajstić information content (AvgIpc) is 2.71. The molecule has 0 bridgehead atoms. The molecule has 0 saturated carbocycles. The van der Waals surface area contributed by atoms with E-state index >= 15 is 0 Å². The molecule has 3 nitrogen and oxygen atoms in total. The summed E-state index contributed by atoms with van der Waals surface area (Å²) in [5.41, 5.74) is 4.00. The molecule has 17 heavy (non-hydrogen) atoms. The van der Waals surface area contributed by atoms with Crippen molar-refractivity contribution in [2.24, 2.45) is 0 Å². The van der Waals surface area contributed by atoms with E-state index in [2.05, 4.69) is 10.2 Å². The molecule has 0 atom stereocenters. The summed E-state index contributed by atoms with van der Waals surface area (Å²) in [6.07, 6.45) is 0. The molecule has 0 aliphatic carbocycles. The SMILES string of the molecule is Nc1cc(-c2c(F)c(F)c(Cl)c(F)c2F)[nH]n1. The van der Waals surface area contributed by atoms with Crippen molar-refractivity contribution in [1.29, 1.82) is 0 Å². The minimum atomic E-state index is -1.67. The number of nitrogens with one attached hydrogen (secondary N) is 1. The molecule has 2 aromatic rings. The molecule has 0 aliphatic heterocycles. The summed E-state index contributed by atoms with van der Waals surface area (Å²) >= 11 is 5.07. The third kappa shape index (κ3) is 1.72. The zero-order valence-corrected chi connectivity index (χ0v) is 8.75. The molecule has 1 aromatic heterocycles. The van der Waals surface area contributed by atoms with Gasteiger partial charge in [0.2, 0.25) is 0 Å². The number of halogens is 5. The molecule has 1 heterocycles. The molecule has 0 unspecified atom stereocenters. The van der Waals surface area contributed by atoms with Crippen LogP contribution in [0.3, 0.4) is 0 Å². The van der Waals surface area contributed by atoms with Crippen LogP contribution in [0.25, 0.3) is 11.3 Å². The van der Waals surface area contributed by atoms with E-state index in [1.165, 1.54) is 0 Å². The Hall–Kier alpha value is -1.76. The fraction of sp³-hybridized carbons (Fsp3) is 0. The van der Waals surface area contributed by atoms with Crippen molar-refractivity contribution in [1.82, 2.24) is 10.2 Å². The lowest BCUT2D eigenvalue weighted by Gasteiger charge is -2.06. The Bertz CT molecular complexity index is 567. The third-order valence-corrected chi connectivity index (χ3v) is 2.41. The summed E-state index contributed by atoms with van der Waals surface area (Å²) in [5.74, 6) is -6.65. The van der Waals surface area contributed by atoms with Crippen LogP contribution in [-0.2, 0) is 0 Å². The number of nitrogen functional groups attached to an aromatic ring is 1. The maximum Gasteiger partial charge on any atom is 0.181 e. The maximum absolute atomic E-state index is 13.4. The van der Waals surface area contributed by atoms with Gasteiger partial charge in [-0.15, -0.1) is 0 Å². The molecule has 90 valence electrons. The van der Waals surface area contributed by atoms with Crippen LogP contribution in [-0.4, -0.2) is 10.2 Å². The molecule has 1 aromatic carbocycles. The van der Waals surface area contributed by atoms with Crippen LogP contribution in [0.1, 0.15) is 0 Å². The van der Waals surface area contributed by atoms with Gasteiger partial charge in [-0.2, -0.15) is 5.10 Å². The van der Waals surface area contributed by atoms with Crippen LogP contribution in [0.5, 0.6) is 0 Å². The van der Waals surface area contributed by atoms with Gasteiger partial charge >= 0.3 is 0 Å². The molecular weight excluding hydrogens is 262 g/mol. The number of aromatic nitrogens is 2. The van der Waals surface area contributed by atoms with E-state index in [1.54, 1.807) is 0 Å². The number of hydrogen-bond donors (Lipinski definition) is 2. The van der Waals surface area contributed by atoms with Gasteiger partial charge < -0.3 is 5.73 Å². The Morgan fingerprint density at radius 1 is 1.06 bits per heavy atom. The van der Waals surface area contributed by atoms with Crippen molar-refractivity contribution in [2.75, 3.05) is 5.73 Å². The zero-order chi connectivity index (χ0) is 12.7. The molecule has 0 spiro atoms. The summed E-state index contributed by atoms with van der Waals surface area (Å²) in [6, 6.07) is 1.04. The van der Waals surface area contributed by atoms with Gasteiger partial charge in [0, 0.05) is 6.07 Å². The Morgan fingerprint density at radius 2 is 1.59 bits per heavy atom. The Labute approximate surface area is 97.2 Å². The summed E-state index contributed by atoms with van der Waals surface area (Å²) in [7, 11) is 0. The summed E-state index contributed by atoms with van der Waals surface area (Å²) in [5, 5.41) is 4.30. The molecule has 0 radical (unpaired) electrons. The van der Waals surface area contributed by atoms with E-state index in [1.807, 2.05) is 0 Å². The zero-order valence-electron chi connectivity index (χ0n) is 7.99. The van der Waals surface area contributed by atoms with Crippen LogP contribution >= 0.6 is 11.6 Å². The van der Waals surface area contributed by atoms with Crippen LogP contribution in [0, 0.1) is 23.3 Å². The average molecular weight is 266 g/mol. The topological polar surface area (TPSA) is 54.7 Å². The third-order valence-electron chi connectivity index (χ3n) is 2.08. The minimum Gasteiger partial charge on any atom is -0.382 e. The van der Waals surface area contributed by atoms with Crippen molar-refractivity contribution in [2.45, 2.75) is 0 Å². The fourth-order valence-corrected chi connectivity index (χ4v) is 1.47. The molecule has 8 heteroatoms. The molecule has 0 saturated heterocycles. The number of benzene rings is 1. The van der Waals surface area contributed by atoms with Crippen molar-refractivity contribution in [3.8, 4) is 11.3 Å². The van der Waals surface area contributed by atoms with Gasteiger partial charge in [0.1, 0.15) is 10.8 Å². The molecule has 2 rings (SSSR count). The van der Waals surface area contributed by atoms with Crippen LogP contribution in [0.4, 0.5) is 23.4 Å². The van der Waals surface area contributed by atoms with Gasteiger partial charge in [0.15, 0.2) is 23.3 Å². The van der Waals surface area contributed by atoms with E-state index in [4.69, 9.17) is 17.3 Å². The molecule has 0 fully saturated rings. The standard InChI is InChI=1S/C9H4ClF4N3/c10-5-8(13)6(11)4(7(12)9(5)14)2-1-3(15)17-16-2/h1H,(H3,15,16,17). The normalized spacial score (nSPS) is 10.9. The van der Waals surface area contributed by atoms with Gasteiger partial charge in [-0.05, 0) is 0 Å². The van der Waals surface area contributed by atoms with Gasteiger partial charge in [-0.1, -0.05) is 11.6 Å². The number of nitrogens with zero attached hydrogens (tertiary/aromatic N) is 1. The lowest BCUT2D eigenvalue weighted by atomic mass is 10.1. The van der Waals surface area contributed by atoms with Crippen molar-refractivity contribution < 1.29 is 17.6 Å². The highest BCUT2D eigenvalue weighted by Gasteiger charge is 2.26. The van der Waals surface area contributed by atoms with Gasteiger partial charge in [-0.25, -0.2) is 17.6 Å². The maximum atomic E-state index is 13.4. The number of hydrogen-bond acceptors (Lipinski definition) is 2. The first-order valence-electron chi connectivity index (χ1n) is 4.26. The second-order valence-electron chi connectivity index (χ2n) is 3.15. The summed E-state index contributed by atoms with van der Waals surface area (Å²) in [4.78, 5) is 0. The first-order chi connectivity index (χ1) is 7.93. The van der Waals surface area contributed by atoms with Gasteiger partial charge in [-0.3, -0.25) is 5.10 Å². The van der Waals surface area contributed by atoms with E-state index in [0.717, 1.165) is 6.07 Å². The van der Waals surface area contributed by atoms with Crippen molar-refractivity contribution >= 4 is 17.4 Å². The highest BCUT2D eigenvalue weighted by Crippen LogP contribution is 2.33. The molecule has 3 N–H and O–H groups in total. The van der Waals surface area contributed by atoms with Gasteiger partial charge in [0.25, 0.3) is 0 Å². The van der Waals surface area contributed by atoms with E-state index in [9.17, 15) is 17.6 Å². The second-order valence-corrected chi connectivity index (χ2v) is 3.53. The largest absolute Gasteiger partial charge is 0.382 e. The van der Waals surface area contributed by atoms with Crippen molar-refractivity contribution in [3.05, 3.63) is 34.4 Å². The van der Waals surface area contributed by atoms with Crippen LogP contribution < -0.4 is 5.73 Å². The van der Waals surface area contributed by atoms with E-state index < -0.39 is 33.9 Å². The Kier molecular flexibility index (Phi) is 2.70. The predicted molar refractivity (Wildman–Crippen MR) is 53.3 cm³/mol. The quantitative estimate of drug-likeness (QED) is 0.473. The fourth-order valence-electron chi connectivity index (χ4n) is 1.31. The number of anilines is 1. The lowest BCUT2D eigenvalue weighted by Crippen LogP contribution is -2.00. The highest BCUT2D eigenvalue weighted by molar-refractivity contribution is 6.31. The molecular formula is C9H4ClF4N3. The number of nitrogens with two attached hydrogens (primary N) is 1. The molecule has 0 aliphatic rings. The number of H-pyrrole nitrogens is 1. The minimum absolute atomic E-state index is 0.0745. The van der Waals surface area contributed by atoms with Crippen molar-refractivity contribution in [3.63, 3.8) is 0 Å². The Morgan fingerprint density at radius 3 is 2.00 bits per heavy atom. The summed E-state index contributed by atoms with van der Waals surface area (Å²) < 4.78 is 53.2. The first-order valence-corrected chi connectivity index (χ1v) is 4.64. The second kappa shape index (κ2) is 3.92. The highest BCUT2D eigenvalue weighted by atomic mass is 35.5. The van der Waals surface area contributed by atoms with Crippen LogP contribution in [0.15, 0.2) is 6.07 Å². The van der Waals surface area contributed by atoms with E-state index in [-0.39, 0.29) is 11.5 Å². The number of aromatic amines is 1. The lowest BCUT2D eigenvalue weighted by molar-refractivity contribution is 0.458. The smallest absolute Gasteiger partial charge is 0.181 e. The first kappa shape index (κ1) is 11.7. The van der Waals surface area contributed by atoms with Crippen LogP contribution in [0.2, 0.25) is 5.02 Å². The Balaban J connectivity index is 2.78. The van der Waals surface area contributed by atoms with E-state index in [0.29, 0.717) is 0 Å². The predicted octanol–water partition coefficient (Wildman–Crippen LogP) is 2.87. The molecule has 0 amide bonds. The number of rotatable bonds is 1. The van der Waals surface area contributed by atoms with Gasteiger partial charge in [0.05, 0.1) is 11.3 Å².